The molecule has 0 saturated carbocycles. The molecule has 0 N–H and O–H groups in total. The van der Waals surface area contributed by atoms with E-state index in [0.29, 0.717) is 11.7 Å². The van der Waals surface area contributed by atoms with E-state index in [4.69, 9.17) is 0 Å². The molecular formula is C14H24O. The summed E-state index contributed by atoms with van der Waals surface area (Å²) in [5.41, 5.74) is 1.44. The minimum Gasteiger partial charge on any atom is -0.299 e. The van der Waals surface area contributed by atoms with Crippen LogP contribution in [0.4, 0.5) is 0 Å². The predicted molar refractivity (Wildman–Crippen MR) is 64.7 cm³/mol. The van der Waals surface area contributed by atoms with Crippen molar-refractivity contribution in [3.8, 4) is 0 Å². The van der Waals surface area contributed by atoms with Gasteiger partial charge in [0, 0.05) is 5.41 Å². The van der Waals surface area contributed by atoms with Crippen LogP contribution in [0.5, 0.6) is 0 Å². The Morgan fingerprint density at radius 1 is 1.60 bits per heavy atom. The zero-order valence-corrected chi connectivity index (χ0v) is 10.8. The Balaban J connectivity index is 2.75. The Labute approximate surface area is 93.9 Å². The molecule has 2 atom stereocenters. The van der Waals surface area contributed by atoms with Crippen molar-refractivity contribution in [3.05, 3.63) is 11.6 Å². The summed E-state index contributed by atoms with van der Waals surface area (Å²) < 4.78 is 0. The summed E-state index contributed by atoms with van der Waals surface area (Å²) in [6, 6.07) is 0. The van der Waals surface area contributed by atoms with Gasteiger partial charge in [-0.2, -0.15) is 0 Å². The van der Waals surface area contributed by atoms with Crippen LogP contribution in [0, 0.1) is 17.3 Å². The van der Waals surface area contributed by atoms with Crippen LogP contribution in [0.1, 0.15) is 53.9 Å². The standard InChI is InChI=1S/C14H24O/c1-10(2)8-13-6-7-14(5,12(4)15)11(3)9-13/h6,10-11H,7-9H2,1-5H3. The van der Waals surface area contributed by atoms with E-state index >= 15 is 0 Å². The van der Waals surface area contributed by atoms with Crippen molar-refractivity contribution in [1.82, 2.24) is 0 Å². The summed E-state index contributed by atoms with van der Waals surface area (Å²) in [5.74, 6) is 1.56. The molecule has 2 unspecified atom stereocenters. The fraction of sp³-hybridized carbons (Fsp3) is 0.786. The second kappa shape index (κ2) is 4.51. The van der Waals surface area contributed by atoms with Crippen LogP contribution >= 0.6 is 0 Å². The largest absolute Gasteiger partial charge is 0.299 e. The van der Waals surface area contributed by atoms with E-state index < -0.39 is 0 Å². The van der Waals surface area contributed by atoms with E-state index in [1.54, 1.807) is 12.5 Å². The van der Waals surface area contributed by atoms with Crippen molar-refractivity contribution in [2.45, 2.75) is 53.9 Å². The molecule has 0 aromatic rings. The van der Waals surface area contributed by atoms with E-state index in [1.165, 1.54) is 6.42 Å². The van der Waals surface area contributed by atoms with Gasteiger partial charge in [0.25, 0.3) is 0 Å². The Morgan fingerprint density at radius 2 is 2.20 bits per heavy atom. The molecule has 0 spiro atoms. The molecule has 1 aliphatic carbocycles. The molecule has 86 valence electrons. The van der Waals surface area contributed by atoms with Crippen LogP contribution in [-0.2, 0) is 4.79 Å². The average molecular weight is 208 g/mol. The number of ketones is 1. The molecule has 15 heavy (non-hydrogen) atoms. The number of Topliss-reactive ketones (excluding diaryl/α,β-unsaturated/α-hetero) is 1. The SMILES string of the molecule is CC(=O)C1(C)CC=C(CC(C)C)CC1C. The fourth-order valence-electron chi connectivity index (χ4n) is 2.44. The Kier molecular flexibility index (Phi) is 3.75. The summed E-state index contributed by atoms with van der Waals surface area (Å²) in [5, 5.41) is 0. The Morgan fingerprint density at radius 3 is 2.60 bits per heavy atom. The van der Waals surface area contributed by atoms with Gasteiger partial charge in [0.15, 0.2) is 0 Å². The smallest absolute Gasteiger partial charge is 0.136 e. The van der Waals surface area contributed by atoms with Crippen molar-refractivity contribution in [1.29, 1.82) is 0 Å². The summed E-state index contributed by atoms with van der Waals surface area (Å²) in [6.45, 7) is 10.6. The fourth-order valence-corrected chi connectivity index (χ4v) is 2.44. The van der Waals surface area contributed by atoms with E-state index in [1.807, 2.05) is 0 Å². The predicted octanol–water partition coefficient (Wildman–Crippen LogP) is 3.98. The minimum absolute atomic E-state index is 0.111. The molecule has 0 aromatic heterocycles. The maximum Gasteiger partial charge on any atom is 0.136 e. The van der Waals surface area contributed by atoms with Gasteiger partial charge in [-0.3, -0.25) is 4.79 Å². The quantitative estimate of drug-likeness (QED) is 0.641. The highest BCUT2D eigenvalue weighted by atomic mass is 16.1. The third-order valence-corrected chi connectivity index (χ3v) is 3.95. The number of carbonyl (C=O) groups is 1. The Bertz CT molecular complexity index is 275. The molecule has 0 radical (unpaired) electrons. The number of hydrogen-bond acceptors (Lipinski definition) is 1. The van der Waals surface area contributed by atoms with Gasteiger partial charge in [0.1, 0.15) is 5.78 Å². The van der Waals surface area contributed by atoms with E-state index in [0.717, 1.165) is 18.8 Å². The molecular weight excluding hydrogens is 184 g/mol. The highest BCUT2D eigenvalue weighted by Gasteiger charge is 2.37. The molecule has 0 heterocycles. The number of carbonyl (C=O) groups excluding carboxylic acids is 1. The lowest BCUT2D eigenvalue weighted by Gasteiger charge is -2.37. The first-order chi connectivity index (χ1) is 6.86. The van der Waals surface area contributed by atoms with E-state index in [9.17, 15) is 4.79 Å². The molecule has 1 heteroatoms. The molecule has 0 bridgehead atoms. The first kappa shape index (κ1) is 12.5. The van der Waals surface area contributed by atoms with Crippen molar-refractivity contribution in [3.63, 3.8) is 0 Å². The van der Waals surface area contributed by atoms with Crippen LogP contribution in [-0.4, -0.2) is 5.78 Å². The minimum atomic E-state index is -0.111. The molecule has 0 aliphatic heterocycles. The van der Waals surface area contributed by atoms with Gasteiger partial charge in [-0.1, -0.05) is 39.3 Å². The van der Waals surface area contributed by atoms with Crippen LogP contribution in [0.25, 0.3) is 0 Å². The van der Waals surface area contributed by atoms with Crippen molar-refractivity contribution < 1.29 is 4.79 Å². The van der Waals surface area contributed by atoms with Gasteiger partial charge in [-0.05, 0) is 38.0 Å². The lowest BCUT2D eigenvalue weighted by Crippen LogP contribution is -2.35. The third kappa shape index (κ3) is 2.70. The van der Waals surface area contributed by atoms with E-state index in [-0.39, 0.29) is 5.41 Å². The summed E-state index contributed by atoms with van der Waals surface area (Å²) in [6.07, 6.45) is 5.54. The second-order valence-corrected chi connectivity index (χ2v) is 5.74. The summed E-state index contributed by atoms with van der Waals surface area (Å²) >= 11 is 0. The van der Waals surface area contributed by atoms with Gasteiger partial charge in [-0.15, -0.1) is 0 Å². The summed E-state index contributed by atoms with van der Waals surface area (Å²) in [4.78, 5) is 11.6. The molecule has 0 fully saturated rings. The van der Waals surface area contributed by atoms with Gasteiger partial charge < -0.3 is 0 Å². The molecule has 0 amide bonds. The van der Waals surface area contributed by atoms with Crippen LogP contribution < -0.4 is 0 Å². The van der Waals surface area contributed by atoms with Gasteiger partial charge in [0.05, 0.1) is 0 Å². The zero-order chi connectivity index (χ0) is 11.6. The number of allylic oxidation sites excluding steroid dienone is 2. The van der Waals surface area contributed by atoms with Gasteiger partial charge in [0.2, 0.25) is 0 Å². The van der Waals surface area contributed by atoms with Crippen LogP contribution in [0.2, 0.25) is 0 Å². The van der Waals surface area contributed by atoms with Crippen molar-refractivity contribution in [2.24, 2.45) is 17.3 Å². The number of hydrogen-bond donors (Lipinski definition) is 0. The molecule has 1 aliphatic rings. The maximum absolute atomic E-state index is 11.6. The lowest BCUT2D eigenvalue weighted by molar-refractivity contribution is -0.128. The average Bonchev–Trinajstić information content (AvgIpc) is 2.10. The zero-order valence-electron chi connectivity index (χ0n) is 10.8. The molecule has 0 saturated heterocycles. The van der Waals surface area contributed by atoms with E-state index in [2.05, 4.69) is 33.8 Å². The lowest BCUT2D eigenvalue weighted by atomic mass is 9.66. The first-order valence-corrected chi connectivity index (χ1v) is 6.05. The van der Waals surface area contributed by atoms with Crippen LogP contribution in [0.15, 0.2) is 11.6 Å². The normalized spacial score (nSPS) is 31.6. The van der Waals surface area contributed by atoms with Crippen molar-refractivity contribution >= 4 is 5.78 Å². The Hall–Kier alpha value is -0.590. The highest BCUT2D eigenvalue weighted by Crippen LogP contribution is 2.42. The first-order valence-electron chi connectivity index (χ1n) is 6.05. The molecule has 0 aromatic carbocycles. The number of rotatable bonds is 3. The van der Waals surface area contributed by atoms with Gasteiger partial charge >= 0.3 is 0 Å². The second-order valence-electron chi connectivity index (χ2n) is 5.74. The topological polar surface area (TPSA) is 17.1 Å². The summed E-state index contributed by atoms with van der Waals surface area (Å²) in [7, 11) is 0. The van der Waals surface area contributed by atoms with Crippen molar-refractivity contribution in [2.75, 3.05) is 0 Å². The highest BCUT2D eigenvalue weighted by molar-refractivity contribution is 5.82. The maximum atomic E-state index is 11.6. The molecule has 1 nitrogen and oxygen atoms in total. The third-order valence-electron chi connectivity index (χ3n) is 3.95. The molecule has 1 rings (SSSR count). The van der Waals surface area contributed by atoms with Gasteiger partial charge in [-0.25, -0.2) is 0 Å². The van der Waals surface area contributed by atoms with Crippen LogP contribution in [0.3, 0.4) is 0 Å². The monoisotopic (exact) mass is 208 g/mol.